The number of fused-ring (bicyclic) bond motifs is 4. The monoisotopic (exact) mass is 493 g/mol. The van der Waals surface area contributed by atoms with Crippen molar-refractivity contribution in [1.82, 2.24) is 0 Å². The van der Waals surface area contributed by atoms with Gasteiger partial charge in [0.15, 0.2) is 0 Å². The van der Waals surface area contributed by atoms with E-state index in [0.29, 0.717) is 5.92 Å². The standard InChI is InChI=1S/C26H21.2ClH.Zr/c1-17(2)20-15-19-8-5-10-24(26(19)16-20)23-12-6-11-22-21-9-4-3-7-18(21)13-14-25(22)23;;;/h3-17H,1-2H3;2*1H;/q-1;;;+3/p-2. The Morgan fingerprint density at radius 3 is 2.03 bits per heavy atom. The van der Waals surface area contributed by atoms with Gasteiger partial charge in [-0.05, 0) is 33.0 Å². The Hall–Kier alpha value is -1.53. The van der Waals surface area contributed by atoms with E-state index >= 15 is 0 Å². The molecule has 0 unspecified atom stereocenters. The van der Waals surface area contributed by atoms with Crippen molar-refractivity contribution in [2.24, 2.45) is 0 Å². The average molecular weight is 496 g/mol. The summed E-state index contributed by atoms with van der Waals surface area (Å²) in [5, 5.41) is 7.97. The molecule has 0 fully saturated rings. The fourth-order valence-electron chi connectivity index (χ4n) is 4.10. The minimum absolute atomic E-state index is 0. The predicted octanol–water partition coefficient (Wildman–Crippen LogP) is 1.66. The van der Waals surface area contributed by atoms with Crippen molar-refractivity contribution in [1.29, 1.82) is 0 Å². The van der Waals surface area contributed by atoms with Crippen molar-refractivity contribution >= 4 is 32.3 Å². The van der Waals surface area contributed by atoms with Gasteiger partial charge >= 0.3 is 26.2 Å². The normalized spacial score (nSPS) is 10.6. The zero-order chi connectivity index (χ0) is 17.7. The van der Waals surface area contributed by atoms with Crippen LogP contribution in [0, 0.1) is 0 Å². The van der Waals surface area contributed by atoms with Crippen LogP contribution < -0.4 is 24.8 Å². The van der Waals surface area contributed by atoms with Gasteiger partial charge in [-0.15, -0.1) is 34.5 Å². The molecule has 0 atom stereocenters. The van der Waals surface area contributed by atoms with Gasteiger partial charge in [-0.3, -0.25) is 0 Å². The van der Waals surface area contributed by atoms with Crippen molar-refractivity contribution in [3.63, 3.8) is 0 Å². The number of rotatable bonds is 2. The fourth-order valence-corrected chi connectivity index (χ4v) is 4.10. The van der Waals surface area contributed by atoms with E-state index in [1.54, 1.807) is 0 Å². The molecule has 5 rings (SSSR count). The van der Waals surface area contributed by atoms with E-state index < -0.39 is 0 Å². The fraction of sp³-hybridized carbons (Fsp3) is 0.115. The van der Waals surface area contributed by atoms with Gasteiger partial charge in [0.1, 0.15) is 0 Å². The van der Waals surface area contributed by atoms with Crippen LogP contribution in [0.4, 0.5) is 0 Å². The van der Waals surface area contributed by atoms with Gasteiger partial charge in [-0.25, -0.2) is 0 Å². The van der Waals surface area contributed by atoms with Gasteiger partial charge in [0.25, 0.3) is 0 Å². The molecule has 0 aliphatic rings. The maximum Gasteiger partial charge on any atom is 3.00 e. The molecule has 5 aromatic carbocycles. The molecule has 0 N–H and O–H groups in total. The summed E-state index contributed by atoms with van der Waals surface area (Å²) in [6.07, 6.45) is 0. The average Bonchev–Trinajstić information content (AvgIpc) is 3.12. The Balaban J connectivity index is 0.000001000. The second-order valence-corrected chi connectivity index (χ2v) is 7.44. The first kappa shape index (κ1) is 23.7. The predicted molar refractivity (Wildman–Crippen MR) is 114 cm³/mol. The molecule has 3 heteroatoms. The Labute approximate surface area is 203 Å². The van der Waals surface area contributed by atoms with Crippen LogP contribution in [-0.4, -0.2) is 0 Å². The van der Waals surface area contributed by atoms with E-state index in [0.717, 1.165) is 0 Å². The van der Waals surface area contributed by atoms with Crippen molar-refractivity contribution in [2.45, 2.75) is 19.8 Å². The molecular weight excluding hydrogens is 474 g/mol. The molecule has 0 saturated carbocycles. The summed E-state index contributed by atoms with van der Waals surface area (Å²) < 4.78 is 0. The number of benzene rings is 4. The molecule has 0 aliphatic carbocycles. The third kappa shape index (κ3) is 4.06. The van der Waals surface area contributed by atoms with Crippen LogP contribution in [0.5, 0.6) is 0 Å². The maximum absolute atomic E-state index is 2.37. The zero-order valence-electron chi connectivity index (χ0n) is 16.4. The molecule has 0 saturated heterocycles. The third-order valence-electron chi connectivity index (χ3n) is 5.52. The van der Waals surface area contributed by atoms with Crippen LogP contribution in [0.2, 0.25) is 0 Å². The Bertz CT molecular complexity index is 1270. The van der Waals surface area contributed by atoms with E-state index in [9.17, 15) is 0 Å². The quantitative estimate of drug-likeness (QED) is 0.258. The molecule has 0 aromatic heterocycles. The SMILES string of the molecule is CC(C)c1cc2c(-c3cccc4c3ccc3ccccc34)cccc2[cH-]1.[Cl-].[Cl-].[Zr+3]. The summed E-state index contributed by atoms with van der Waals surface area (Å²) in [5.74, 6) is 0.548. The summed E-state index contributed by atoms with van der Waals surface area (Å²) in [5.41, 5.74) is 4.06. The largest absolute Gasteiger partial charge is 3.00 e. The molecule has 1 radical (unpaired) electrons. The van der Waals surface area contributed by atoms with E-state index in [2.05, 4.69) is 98.8 Å². The second kappa shape index (κ2) is 9.52. The Morgan fingerprint density at radius 2 is 1.28 bits per heavy atom. The van der Waals surface area contributed by atoms with Gasteiger partial charge in [0, 0.05) is 0 Å². The molecule has 143 valence electrons. The maximum atomic E-state index is 2.37. The first-order valence-electron chi connectivity index (χ1n) is 9.32. The second-order valence-electron chi connectivity index (χ2n) is 7.44. The van der Waals surface area contributed by atoms with E-state index in [1.807, 2.05) is 0 Å². The van der Waals surface area contributed by atoms with Crippen LogP contribution in [0.1, 0.15) is 25.3 Å². The van der Waals surface area contributed by atoms with Crippen molar-refractivity contribution in [3.8, 4) is 11.1 Å². The Kier molecular flexibility index (Phi) is 7.80. The van der Waals surface area contributed by atoms with Crippen LogP contribution in [0.3, 0.4) is 0 Å². The molecular formula is C26H21Cl2Zr. The summed E-state index contributed by atoms with van der Waals surface area (Å²) in [4.78, 5) is 0. The number of halogens is 2. The van der Waals surface area contributed by atoms with E-state index in [1.165, 1.54) is 49.0 Å². The van der Waals surface area contributed by atoms with Crippen LogP contribution in [0.15, 0.2) is 84.9 Å². The summed E-state index contributed by atoms with van der Waals surface area (Å²) in [6.45, 7) is 4.52. The van der Waals surface area contributed by atoms with Gasteiger partial charge in [0.2, 0.25) is 0 Å². The summed E-state index contributed by atoms with van der Waals surface area (Å²) in [7, 11) is 0. The van der Waals surface area contributed by atoms with Crippen molar-refractivity contribution in [2.75, 3.05) is 0 Å². The van der Waals surface area contributed by atoms with Crippen LogP contribution in [0.25, 0.3) is 43.4 Å². The van der Waals surface area contributed by atoms with Crippen LogP contribution >= 0.6 is 0 Å². The topological polar surface area (TPSA) is 0 Å². The van der Waals surface area contributed by atoms with E-state index in [-0.39, 0.29) is 51.0 Å². The zero-order valence-corrected chi connectivity index (χ0v) is 20.4. The Morgan fingerprint density at radius 1 is 0.621 bits per heavy atom. The summed E-state index contributed by atoms with van der Waals surface area (Å²) in [6, 6.07) is 31.2. The molecule has 0 amide bonds. The van der Waals surface area contributed by atoms with Gasteiger partial charge in [-0.2, -0.15) is 6.07 Å². The molecule has 0 bridgehead atoms. The first-order chi connectivity index (χ1) is 12.7. The minimum atomic E-state index is 0. The van der Waals surface area contributed by atoms with Gasteiger partial charge in [0.05, 0.1) is 0 Å². The molecule has 29 heavy (non-hydrogen) atoms. The van der Waals surface area contributed by atoms with Gasteiger partial charge in [-0.1, -0.05) is 80.1 Å². The summed E-state index contributed by atoms with van der Waals surface area (Å²) >= 11 is 0. The smallest absolute Gasteiger partial charge is 1.00 e. The van der Waals surface area contributed by atoms with Crippen molar-refractivity contribution in [3.05, 3.63) is 90.5 Å². The third-order valence-corrected chi connectivity index (χ3v) is 5.52. The van der Waals surface area contributed by atoms with E-state index in [4.69, 9.17) is 0 Å². The number of hydrogen-bond donors (Lipinski definition) is 0. The molecule has 5 aromatic rings. The number of hydrogen-bond acceptors (Lipinski definition) is 0. The molecule has 0 heterocycles. The first-order valence-corrected chi connectivity index (χ1v) is 9.32. The minimum Gasteiger partial charge on any atom is -1.00 e. The molecule has 0 aliphatic heterocycles. The van der Waals surface area contributed by atoms with Gasteiger partial charge < -0.3 is 24.8 Å². The molecule has 0 spiro atoms. The van der Waals surface area contributed by atoms with Crippen LogP contribution in [-0.2, 0) is 26.2 Å². The van der Waals surface area contributed by atoms with Crippen molar-refractivity contribution < 1.29 is 51.0 Å². The molecule has 0 nitrogen and oxygen atoms in total.